The maximum Gasteiger partial charge on any atom is 0.244 e. The first-order chi connectivity index (χ1) is 14.6. The molecular weight excluding hydrogens is 376 g/mol. The van der Waals surface area contributed by atoms with Crippen LogP contribution in [0.2, 0.25) is 0 Å². The van der Waals surface area contributed by atoms with Gasteiger partial charge in [0.2, 0.25) is 5.91 Å². The zero-order chi connectivity index (χ0) is 21.0. The van der Waals surface area contributed by atoms with E-state index in [-0.39, 0.29) is 23.0 Å². The zero-order valence-corrected chi connectivity index (χ0v) is 16.8. The fourth-order valence-corrected chi connectivity index (χ4v) is 3.99. The van der Waals surface area contributed by atoms with Gasteiger partial charge in [0.05, 0.1) is 18.7 Å². The molecule has 5 nitrogen and oxygen atoms in total. The summed E-state index contributed by atoms with van der Waals surface area (Å²) in [5, 5.41) is 14.1. The quantitative estimate of drug-likeness (QED) is 0.460. The van der Waals surface area contributed by atoms with Gasteiger partial charge < -0.3 is 9.84 Å². The molecule has 3 aromatic rings. The van der Waals surface area contributed by atoms with Gasteiger partial charge in [-0.3, -0.25) is 4.79 Å². The number of ether oxygens (including phenoxy) is 1. The minimum Gasteiger partial charge on any atom is -0.507 e. The van der Waals surface area contributed by atoms with E-state index in [1.807, 2.05) is 43.3 Å². The molecule has 30 heavy (non-hydrogen) atoms. The van der Waals surface area contributed by atoms with E-state index in [4.69, 9.17) is 4.74 Å². The van der Waals surface area contributed by atoms with Gasteiger partial charge in [0.1, 0.15) is 11.5 Å². The molecule has 1 aliphatic carbocycles. The highest BCUT2D eigenvalue weighted by atomic mass is 16.5. The summed E-state index contributed by atoms with van der Waals surface area (Å²) in [6.07, 6.45) is 2.16. The summed E-state index contributed by atoms with van der Waals surface area (Å²) in [5.74, 6) is 0.366. The monoisotopic (exact) mass is 400 g/mol. The molecule has 1 saturated carbocycles. The van der Waals surface area contributed by atoms with Crippen molar-refractivity contribution in [1.29, 1.82) is 0 Å². The Morgan fingerprint density at radius 3 is 2.33 bits per heavy atom. The Balaban J connectivity index is 1.52. The molecule has 0 aromatic heterocycles. The van der Waals surface area contributed by atoms with Crippen LogP contribution in [0.5, 0.6) is 11.5 Å². The lowest BCUT2D eigenvalue weighted by Crippen LogP contribution is -2.25. The lowest BCUT2D eigenvalue weighted by molar-refractivity contribution is -0.122. The van der Waals surface area contributed by atoms with E-state index in [0.717, 1.165) is 17.5 Å². The van der Waals surface area contributed by atoms with Crippen molar-refractivity contribution >= 4 is 12.1 Å². The van der Waals surface area contributed by atoms with Gasteiger partial charge in [-0.2, -0.15) is 5.10 Å². The first kappa shape index (κ1) is 19.7. The fraction of sp³-hybridized carbons (Fsp3) is 0.200. The second kappa shape index (κ2) is 8.41. The third-order valence-electron chi connectivity index (χ3n) is 5.54. The smallest absolute Gasteiger partial charge is 0.244 e. The van der Waals surface area contributed by atoms with Crippen LogP contribution >= 0.6 is 0 Å². The maximum absolute atomic E-state index is 12.9. The molecule has 0 spiro atoms. The first-order valence-electron chi connectivity index (χ1n) is 10.0. The Hall–Kier alpha value is -3.60. The number of aromatic hydroxyl groups is 1. The van der Waals surface area contributed by atoms with Crippen LogP contribution in [0.25, 0.3) is 0 Å². The molecule has 1 aliphatic rings. The second-order valence-electron chi connectivity index (χ2n) is 7.35. The number of hydrazone groups is 1. The van der Waals surface area contributed by atoms with E-state index in [0.29, 0.717) is 17.9 Å². The Labute approximate surface area is 176 Å². The zero-order valence-electron chi connectivity index (χ0n) is 16.8. The topological polar surface area (TPSA) is 70.9 Å². The number of carbonyl (C=O) groups excluding carboxylic acids is 1. The lowest BCUT2D eigenvalue weighted by atomic mass is 9.85. The highest BCUT2D eigenvalue weighted by molar-refractivity contribution is 5.88. The average Bonchev–Trinajstić information content (AvgIpc) is 3.54. The largest absolute Gasteiger partial charge is 0.507 e. The number of carbonyl (C=O) groups is 1. The van der Waals surface area contributed by atoms with Gasteiger partial charge in [-0.15, -0.1) is 0 Å². The molecule has 1 fully saturated rings. The number of phenols is 1. The summed E-state index contributed by atoms with van der Waals surface area (Å²) < 4.78 is 5.44. The van der Waals surface area contributed by atoms with Crippen molar-refractivity contribution in [2.24, 2.45) is 11.0 Å². The number of hydrogen-bond donors (Lipinski definition) is 2. The molecule has 5 heteroatoms. The van der Waals surface area contributed by atoms with Gasteiger partial charge in [0.15, 0.2) is 0 Å². The second-order valence-corrected chi connectivity index (χ2v) is 7.35. The van der Waals surface area contributed by atoms with Gasteiger partial charge in [-0.05, 0) is 42.7 Å². The highest BCUT2D eigenvalue weighted by Crippen LogP contribution is 2.58. The lowest BCUT2D eigenvalue weighted by Gasteiger charge is -2.18. The normalized spacial score (nSPS) is 16.9. The molecule has 0 unspecified atom stereocenters. The molecular formula is C25H24N2O3. The molecule has 1 atom stereocenters. The number of amides is 1. The minimum atomic E-state index is -0.334. The summed E-state index contributed by atoms with van der Waals surface area (Å²) in [7, 11) is 0. The molecule has 4 rings (SSSR count). The van der Waals surface area contributed by atoms with Crippen LogP contribution in [-0.2, 0) is 10.2 Å². The van der Waals surface area contributed by atoms with Gasteiger partial charge in [-0.1, -0.05) is 60.7 Å². The van der Waals surface area contributed by atoms with Crippen LogP contribution in [0.4, 0.5) is 0 Å². The van der Waals surface area contributed by atoms with E-state index in [1.54, 1.807) is 18.2 Å². The van der Waals surface area contributed by atoms with E-state index < -0.39 is 0 Å². The van der Waals surface area contributed by atoms with Crippen molar-refractivity contribution < 1.29 is 14.6 Å². The van der Waals surface area contributed by atoms with Crippen LogP contribution in [0.3, 0.4) is 0 Å². The predicted molar refractivity (Wildman–Crippen MR) is 117 cm³/mol. The Morgan fingerprint density at radius 1 is 1.10 bits per heavy atom. The van der Waals surface area contributed by atoms with Crippen molar-refractivity contribution in [3.8, 4) is 11.5 Å². The summed E-state index contributed by atoms with van der Waals surface area (Å²) in [5.41, 5.74) is 5.05. The van der Waals surface area contributed by atoms with Crippen molar-refractivity contribution in [3.05, 3.63) is 95.6 Å². The summed E-state index contributed by atoms with van der Waals surface area (Å²) in [6.45, 7) is 2.42. The summed E-state index contributed by atoms with van der Waals surface area (Å²) >= 11 is 0. The SMILES string of the molecule is CCOc1ccc(O)c(C=NNC(=O)[C@@H]2CC2(c2ccccc2)c2ccccc2)c1. The summed E-state index contributed by atoms with van der Waals surface area (Å²) in [4.78, 5) is 12.9. The van der Waals surface area contributed by atoms with Gasteiger partial charge in [0, 0.05) is 11.0 Å². The number of nitrogens with zero attached hydrogens (tertiary/aromatic N) is 1. The van der Waals surface area contributed by atoms with Crippen LogP contribution in [-0.4, -0.2) is 23.8 Å². The van der Waals surface area contributed by atoms with Crippen LogP contribution in [0.1, 0.15) is 30.0 Å². The number of benzene rings is 3. The predicted octanol–water partition coefficient (Wildman–Crippen LogP) is 4.25. The van der Waals surface area contributed by atoms with Gasteiger partial charge >= 0.3 is 0 Å². The summed E-state index contributed by atoms with van der Waals surface area (Å²) in [6, 6.07) is 25.2. The molecule has 0 saturated heterocycles. The first-order valence-corrected chi connectivity index (χ1v) is 10.0. The number of phenolic OH excluding ortho intramolecular Hbond substituents is 1. The average molecular weight is 400 g/mol. The fourth-order valence-electron chi connectivity index (χ4n) is 3.99. The molecule has 0 radical (unpaired) electrons. The molecule has 0 aliphatic heterocycles. The maximum atomic E-state index is 12.9. The van der Waals surface area contributed by atoms with E-state index >= 15 is 0 Å². The molecule has 0 heterocycles. The molecule has 3 aromatic carbocycles. The Morgan fingerprint density at radius 2 is 1.73 bits per heavy atom. The van der Waals surface area contributed by atoms with Crippen molar-refractivity contribution in [3.63, 3.8) is 0 Å². The van der Waals surface area contributed by atoms with Crippen LogP contribution in [0.15, 0.2) is 84.0 Å². The minimum absolute atomic E-state index is 0.0748. The van der Waals surface area contributed by atoms with Crippen LogP contribution < -0.4 is 10.2 Å². The van der Waals surface area contributed by atoms with Crippen molar-refractivity contribution in [1.82, 2.24) is 5.43 Å². The Bertz CT molecular complexity index is 1010. The van der Waals surface area contributed by atoms with E-state index in [2.05, 4.69) is 34.8 Å². The third-order valence-corrected chi connectivity index (χ3v) is 5.54. The van der Waals surface area contributed by atoms with Gasteiger partial charge in [-0.25, -0.2) is 5.43 Å². The highest BCUT2D eigenvalue weighted by Gasteiger charge is 2.60. The van der Waals surface area contributed by atoms with Crippen molar-refractivity contribution in [2.75, 3.05) is 6.61 Å². The van der Waals surface area contributed by atoms with E-state index in [1.165, 1.54) is 6.21 Å². The van der Waals surface area contributed by atoms with E-state index in [9.17, 15) is 9.90 Å². The number of hydrogen-bond acceptors (Lipinski definition) is 4. The Kier molecular flexibility index (Phi) is 5.53. The molecule has 152 valence electrons. The van der Waals surface area contributed by atoms with Crippen LogP contribution in [0, 0.1) is 5.92 Å². The molecule has 0 bridgehead atoms. The van der Waals surface area contributed by atoms with Crippen molar-refractivity contribution in [2.45, 2.75) is 18.8 Å². The number of rotatable bonds is 7. The molecule has 2 N–H and O–H groups in total. The molecule has 1 amide bonds. The van der Waals surface area contributed by atoms with Gasteiger partial charge in [0.25, 0.3) is 0 Å². The third kappa shape index (κ3) is 3.79. The standard InChI is InChI=1S/C25H24N2O3/c1-2-30-21-13-14-23(28)18(15-21)17-26-27-24(29)22-16-25(22,19-9-5-3-6-10-19)20-11-7-4-8-12-20/h3-15,17,22,28H,2,16H2,1H3,(H,27,29)/t22-/m0/s1. The number of nitrogens with one attached hydrogen (secondary N) is 1.